The Labute approximate surface area is 193 Å². The van der Waals surface area contributed by atoms with Crippen molar-refractivity contribution in [3.8, 4) is 11.5 Å². The van der Waals surface area contributed by atoms with Crippen LogP contribution < -0.4 is 9.47 Å². The van der Waals surface area contributed by atoms with Gasteiger partial charge in [0.1, 0.15) is 24.0 Å². The maximum Gasteiger partial charge on any atom is 0.231 e. The SMILES string of the molecule is CC(C)(C)c1ccc(/C=C2\Oc3c(ccc4c3CN(Cc3ccc(F)cc3)CO4)C2=O)cc1. The summed E-state index contributed by atoms with van der Waals surface area (Å²) in [5.41, 5.74) is 4.63. The minimum absolute atomic E-state index is 0.0699. The minimum Gasteiger partial charge on any atom is -0.478 e. The summed E-state index contributed by atoms with van der Waals surface area (Å²) in [5, 5.41) is 0. The van der Waals surface area contributed by atoms with Gasteiger partial charge in [-0.15, -0.1) is 0 Å². The second-order valence-electron chi connectivity index (χ2n) is 9.62. The number of nitrogens with zero attached hydrogens (tertiary/aromatic N) is 1. The molecule has 2 aliphatic rings. The van der Waals surface area contributed by atoms with Crippen LogP contribution in [-0.4, -0.2) is 17.4 Å². The smallest absolute Gasteiger partial charge is 0.231 e. The Hall–Kier alpha value is -3.44. The van der Waals surface area contributed by atoms with Crippen LogP contribution in [0.15, 0.2) is 66.4 Å². The summed E-state index contributed by atoms with van der Waals surface area (Å²) >= 11 is 0. The van der Waals surface area contributed by atoms with Crippen molar-refractivity contribution in [3.63, 3.8) is 0 Å². The normalized spacial score (nSPS) is 16.8. The number of ketones is 1. The van der Waals surface area contributed by atoms with E-state index in [0.29, 0.717) is 36.9 Å². The van der Waals surface area contributed by atoms with Gasteiger partial charge in [-0.25, -0.2) is 4.39 Å². The zero-order chi connectivity index (χ0) is 23.2. The lowest BCUT2D eigenvalue weighted by Gasteiger charge is -2.29. The summed E-state index contributed by atoms with van der Waals surface area (Å²) in [4.78, 5) is 15.1. The van der Waals surface area contributed by atoms with E-state index in [1.54, 1.807) is 24.3 Å². The van der Waals surface area contributed by atoms with Crippen molar-refractivity contribution < 1.29 is 18.7 Å². The van der Waals surface area contributed by atoms with Crippen molar-refractivity contribution in [1.82, 2.24) is 4.90 Å². The second kappa shape index (κ2) is 8.16. The molecule has 168 valence electrons. The van der Waals surface area contributed by atoms with Gasteiger partial charge in [0.25, 0.3) is 0 Å². The maximum absolute atomic E-state index is 13.2. The van der Waals surface area contributed by atoms with Crippen LogP contribution in [0.3, 0.4) is 0 Å². The lowest BCUT2D eigenvalue weighted by Crippen LogP contribution is -2.31. The molecule has 0 bridgehead atoms. The molecule has 3 aromatic rings. The molecule has 0 unspecified atom stereocenters. The molecular weight excluding hydrogens is 417 g/mol. The molecule has 3 aromatic carbocycles. The number of ether oxygens (including phenoxy) is 2. The van der Waals surface area contributed by atoms with Gasteiger partial charge in [0.05, 0.1) is 11.1 Å². The van der Waals surface area contributed by atoms with Crippen LogP contribution in [0.25, 0.3) is 6.08 Å². The fourth-order valence-corrected chi connectivity index (χ4v) is 4.18. The standard InChI is InChI=1S/C28H26FNO3/c1-28(2,3)20-8-4-18(5-9-20)14-25-26(31)22-12-13-24-23(27(22)33-25)16-30(17-32-24)15-19-6-10-21(29)11-7-19/h4-14H,15-17H2,1-3H3/b25-14-. The molecule has 0 aromatic heterocycles. The molecule has 0 fully saturated rings. The highest BCUT2D eigenvalue weighted by Crippen LogP contribution is 2.42. The van der Waals surface area contributed by atoms with Gasteiger partial charge in [-0.2, -0.15) is 0 Å². The Morgan fingerprint density at radius 3 is 2.42 bits per heavy atom. The van der Waals surface area contributed by atoms with Crippen molar-refractivity contribution in [2.75, 3.05) is 6.73 Å². The molecule has 0 spiro atoms. The van der Waals surface area contributed by atoms with Crippen LogP contribution in [0, 0.1) is 5.82 Å². The summed E-state index contributed by atoms with van der Waals surface area (Å²) in [7, 11) is 0. The number of fused-ring (bicyclic) bond motifs is 3. The minimum atomic E-state index is -0.254. The van der Waals surface area contributed by atoms with Gasteiger partial charge in [0.2, 0.25) is 5.78 Å². The monoisotopic (exact) mass is 443 g/mol. The molecule has 2 aliphatic heterocycles. The number of carbonyl (C=O) groups excluding carboxylic acids is 1. The molecule has 4 nitrogen and oxygen atoms in total. The highest BCUT2D eigenvalue weighted by molar-refractivity contribution is 6.15. The number of carbonyl (C=O) groups is 1. The van der Waals surface area contributed by atoms with Crippen LogP contribution >= 0.6 is 0 Å². The van der Waals surface area contributed by atoms with E-state index in [0.717, 1.165) is 22.4 Å². The maximum atomic E-state index is 13.2. The first-order valence-corrected chi connectivity index (χ1v) is 11.1. The lowest BCUT2D eigenvalue weighted by atomic mass is 9.86. The number of halogens is 1. The molecule has 0 atom stereocenters. The van der Waals surface area contributed by atoms with E-state index in [9.17, 15) is 9.18 Å². The van der Waals surface area contributed by atoms with Gasteiger partial charge in [0.15, 0.2) is 5.76 Å². The molecule has 0 N–H and O–H groups in total. The molecule has 0 saturated heterocycles. The van der Waals surface area contributed by atoms with Crippen LogP contribution in [-0.2, 0) is 18.5 Å². The van der Waals surface area contributed by atoms with Crippen LogP contribution in [0.5, 0.6) is 11.5 Å². The first-order valence-electron chi connectivity index (χ1n) is 11.1. The predicted octanol–water partition coefficient (Wildman–Crippen LogP) is 6.09. The van der Waals surface area contributed by atoms with Gasteiger partial charge < -0.3 is 9.47 Å². The van der Waals surface area contributed by atoms with Crippen molar-refractivity contribution in [2.24, 2.45) is 0 Å². The quantitative estimate of drug-likeness (QED) is 0.459. The highest BCUT2D eigenvalue weighted by Gasteiger charge is 2.33. The van der Waals surface area contributed by atoms with Crippen LogP contribution in [0.4, 0.5) is 4.39 Å². The van der Waals surface area contributed by atoms with E-state index in [1.165, 1.54) is 17.7 Å². The summed E-state index contributed by atoms with van der Waals surface area (Å²) in [6.07, 6.45) is 1.79. The zero-order valence-corrected chi connectivity index (χ0v) is 19.0. The summed E-state index contributed by atoms with van der Waals surface area (Å²) in [6.45, 7) is 8.12. The van der Waals surface area contributed by atoms with Gasteiger partial charge in [-0.1, -0.05) is 57.2 Å². The van der Waals surface area contributed by atoms with E-state index < -0.39 is 0 Å². The van der Waals surface area contributed by atoms with Crippen molar-refractivity contribution >= 4 is 11.9 Å². The predicted molar refractivity (Wildman–Crippen MR) is 126 cm³/mol. The number of benzene rings is 3. The molecule has 0 radical (unpaired) electrons. The fraction of sp³-hybridized carbons (Fsp3) is 0.250. The first kappa shape index (κ1) is 21.4. The van der Waals surface area contributed by atoms with E-state index in [4.69, 9.17) is 9.47 Å². The number of Topliss-reactive ketones (excluding diaryl/α,β-unsaturated/α-hetero) is 1. The second-order valence-corrected chi connectivity index (χ2v) is 9.62. The van der Waals surface area contributed by atoms with Gasteiger partial charge >= 0.3 is 0 Å². The molecular formula is C28H26FNO3. The van der Waals surface area contributed by atoms with E-state index in [1.807, 2.05) is 18.2 Å². The van der Waals surface area contributed by atoms with E-state index in [2.05, 4.69) is 37.8 Å². The molecule has 0 saturated carbocycles. The Kier molecular flexibility index (Phi) is 5.29. The third-order valence-electron chi connectivity index (χ3n) is 6.08. The Morgan fingerprint density at radius 2 is 1.73 bits per heavy atom. The van der Waals surface area contributed by atoms with Gasteiger partial charge in [-0.05, 0) is 52.4 Å². The van der Waals surface area contributed by atoms with E-state index >= 15 is 0 Å². The molecule has 2 heterocycles. The lowest BCUT2D eigenvalue weighted by molar-refractivity contribution is 0.0872. The third-order valence-corrected chi connectivity index (χ3v) is 6.08. The molecule has 5 rings (SSSR count). The summed E-state index contributed by atoms with van der Waals surface area (Å²) in [5.74, 6) is 1.24. The Balaban J connectivity index is 1.38. The van der Waals surface area contributed by atoms with Gasteiger partial charge in [0, 0.05) is 13.1 Å². The van der Waals surface area contributed by atoms with Crippen molar-refractivity contribution in [3.05, 3.63) is 100 Å². The summed E-state index contributed by atoms with van der Waals surface area (Å²) in [6, 6.07) is 18.3. The Morgan fingerprint density at radius 1 is 1.00 bits per heavy atom. The Bertz CT molecular complexity index is 1240. The number of rotatable bonds is 3. The number of hydrogen-bond donors (Lipinski definition) is 0. The molecule has 0 amide bonds. The first-order chi connectivity index (χ1) is 15.8. The topological polar surface area (TPSA) is 38.8 Å². The summed E-state index contributed by atoms with van der Waals surface area (Å²) < 4.78 is 25.2. The zero-order valence-electron chi connectivity index (χ0n) is 19.0. The number of hydrogen-bond acceptors (Lipinski definition) is 4. The number of allylic oxidation sites excluding steroid dienone is 1. The fourth-order valence-electron chi connectivity index (χ4n) is 4.18. The molecule has 33 heavy (non-hydrogen) atoms. The van der Waals surface area contributed by atoms with Crippen LogP contribution in [0.2, 0.25) is 0 Å². The largest absolute Gasteiger partial charge is 0.478 e. The average molecular weight is 444 g/mol. The molecule has 0 aliphatic carbocycles. The van der Waals surface area contributed by atoms with Crippen molar-refractivity contribution in [1.29, 1.82) is 0 Å². The molecule has 5 heteroatoms. The van der Waals surface area contributed by atoms with Gasteiger partial charge in [-0.3, -0.25) is 9.69 Å². The highest BCUT2D eigenvalue weighted by atomic mass is 19.1. The van der Waals surface area contributed by atoms with Crippen LogP contribution in [0.1, 0.15) is 53.4 Å². The third kappa shape index (κ3) is 4.29. The van der Waals surface area contributed by atoms with Crippen molar-refractivity contribution in [2.45, 2.75) is 39.3 Å². The van der Waals surface area contributed by atoms with E-state index in [-0.39, 0.29) is 17.0 Å². The average Bonchev–Trinajstić information content (AvgIpc) is 3.11.